The van der Waals surface area contributed by atoms with Crippen LogP contribution in [-0.4, -0.2) is 33.2 Å². The zero-order valence-electron chi connectivity index (χ0n) is 12.4. The molecule has 1 heterocycles. The molecule has 0 saturated carbocycles. The topological polar surface area (TPSA) is 59.6 Å². The summed E-state index contributed by atoms with van der Waals surface area (Å²) < 4.78 is 11.4. The highest BCUT2D eigenvalue weighted by atomic mass is 79.9. The van der Waals surface area contributed by atoms with Gasteiger partial charge in [0.2, 0.25) is 5.91 Å². The molecule has 1 aromatic rings. The van der Waals surface area contributed by atoms with Crippen molar-refractivity contribution >= 4 is 21.8 Å². The summed E-state index contributed by atoms with van der Waals surface area (Å²) >= 11 is 3.45. The SMILES string of the molecule is COc1cc(CNC(=O)C2CCCNC2)cc(Br)c1OC. The minimum atomic E-state index is 0.0716. The average Bonchev–Trinajstić information content (AvgIpc) is 2.52. The predicted octanol–water partition coefficient (Wildman–Crippen LogP) is 2.08. The van der Waals surface area contributed by atoms with Gasteiger partial charge in [-0.05, 0) is 53.0 Å². The maximum atomic E-state index is 12.1. The number of methoxy groups -OCH3 is 2. The van der Waals surface area contributed by atoms with Gasteiger partial charge in [-0.1, -0.05) is 0 Å². The standard InChI is InChI=1S/C15H21BrN2O3/c1-20-13-7-10(6-12(16)14(13)21-2)8-18-15(19)11-4-3-5-17-9-11/h6-7,11,17H,3-5,8-9H2,1-2H3,(H,18,19). The molecule has 1 unspecified atom stereocenters. The van der Waals surface area contributed by atoms with Crippen molar-refractivity contribution in [3.05, 3.63) is 22.2 Å². The van der Waals surface area contributed by atoms with Crippen LogP contribution in [0.4, 0.5) is 0 Å². The molecule has 1 aliphatic heterocycles. The van der Waals surface area contributed by atoms with Crippen LogP contribution in [0.3, 0.4) is 0 Å². The molecular formula is C15H21BrN2O3. The van der Waals surface area contributed by atoms with Crippen LogP contribution in [0.2, 0.25) is 0 Å². The Bertz CT molecular complexity index is 502. The maximum absolute atomic E-state index is 12.1. The molecular weight excluding hydrogens is 336 g/mol. The number of hydrogen-bond donors (Lipinski definition) is 2. The first-order valence-electron chi connectivity index (χ1n) is 7.04. The zero-order chi connectivity index (χ0) is 15.2. The summed E-state index contributed by atoms with van der Waals surface area (Å²) in [4.78, 5) is 12.1. The molecule has 5 nitrogen and oxygen atoms in total. The largest absolute Gasteiger partial charge is 0.493 e. The van der Waals surface area contributed by atoms with Crippen molar-refractivity contribution in [1.82, 2.24) is 10.6 Å². The fraction of sp³-hybridized carbons (Fsp3) is 0.533. The lowest BCUT2D eigenvalue weighted by Gasteiger charge is -2.22. The van der Waals surface area contributed by atoms with E-state index in [0.717, 1.165) is 36.0 Å². The summed E-state index contributed by atoms with van der Waals surface area (Å²) in [6, 6.07) is 3.81. The Labute approximate surface area is 133 Å². The Hall–Kier alpha value is -1.27. The van der Waals surface area contributed by atoms with Gasteiger partial charge >= 0.3 is 0 Å². The molecule has 2 rings (SSSR count). The number of amides is 1. The van der Waals surface area contributed by atoms with Gasteiger partial charge < -0.3 is 20.1 Å². The van der Waals surface area contributed by atoms with Crippen molar-refractivity contribution in [3.8, 4) is 11.5 Å². The molecule has 6 heteroatoms. The van der Waals surface area contributed by atoms with Crippen LogP contribution in [0, 0.1) is 5.92 Å². The minimum Gasteiger partial charge on any atom is -0.493 e. The van der Waals surface area contributed by atoms with Gasteiger partial charge in [0.1, 0.15) is 0 Å². The Morgan fingerprint density at radius 2 is 2.24 bits per heavy atom. The third-order valence-electron chi connectivity index (χ3n) is 3.63. The summed E-state index contributed by atoms with van der Waals surface area (Å²) in [5.41, 5.74) is 0.969. The number of piperidine rings is 1. The third-order valence-corrected chi connectivity index (χ3v) is 4.22. The van der Waals surface area contributed by atoms with Crippen LogP contribution in [0.5, 0.6) is 11.5 Å². The third kappa shape index (κ3) is 4.11. The van der Waals surface area contributed by atoms with Crippen molar-refractivity contribution in [2.45, 2.75) is 19.4 Å². The molecule has 1 aliphatic rings. The number of carbonyl (C=O) groups is 1. The molecule has 21 heavy (non-hydrogen) atoms. The van der Waals surface area contributed by atoms with Crippen molar-refractivity contribution in [3.63, 3.8) is 0 Å². The van der Waals surface area contributed by atoms with Crippen LogP contribution in [0.25, 0.3) is 0 Å². The van der Waals surface area contributed by atoms with Crippen molar-refractivity contribution in [1.29, 1.82) is 0 Å². The normalized spacial score (nSPS) is 18.1. The van der Waals surface area contributed by atoms with Gasteiger partial charge in [0.25, 0.3) is 0 Å². The number of benzene rings is 1. The minimum absolute atomic E-state index is 0.0716. The van der Waals surface area contributed by atoms with Gasteiger partial charge in [-0.2, -0.15) is 0 Å². The second kappa shape index (κ2) is 7.66. The molecule has 1 aromatic carbocycles. The number of hydrogen-bond acceptors (Lipinski definition) is 4. The molecule has 1 fully saturated rings. The molecule has 0 radical (unpaired) electrons. The number of nitrogens with one attached hydrogen (secondary N) is 2. The van der Waals surface area contributed by atoms with E-state index in [9.17, 15) is 4.79 Å². The smallest absolute Gasteiger partial charge is 0.224 e. The summed E-state index contributed by atoms with van der Waals surface area (Å²) in [7, 11) is 3.19. The van der Waals surface area contributed by atoms with E-state index < -0.39 is 0 Å². The molecule has 2 N–H and O–H groups in total. The summed E-state index contributed by atoms with van der Waals surface area (Å²) in [6.07, 6.45) is 2.01. The first kappa shape index (κ1) is 16.1. The molecule has 0 spiro atoms. The van der Waals surface area contributed by atoms with Crippen molar-refractivity contribution in [2.24, 2.45) is 5.92 Å². The van der Waals surface area contributed by atoms with Gasteiger partial charge in [-0.15, -0.1) is 0 Å². The van der Waals surface area contributed by atoms with Gasteiger partial charge in [0.05, 0.1) is 24.6 Å². The number of halogens is 1. The van der Waals surface area contributed by atoms with Gasteiger partial charge in [-0.3, -0.25) is 4.79 Å². The lowest BCUT2D eigenvalue weighted by atomic mass is 9.99. The first-order chi connectivity index (χ1) is 10.2. The van der Waals surface area contributed by atoms with Crippen LogP contribution in [0.1, 0.15) is 18.4 Å². The van der Waals surface area contributed by atoms with E-state index >= 15 is 0 Å². The van der Waals surface area contributed by atoms with Gasteiger partial charge in [0, 0.05) is 13.1 Å². The molecule has 116 valence electrons. The lowest BCUT2D eigenvalue weighted by molar-refractivity contribution is -0.125. The highest BCUT2D eigenvalue weighted by molar-refractivity contribution is 9.10. The quantitative estimate of drug-likeness (QED) is 0.847. The molecule has 1 saturated heterocycles. The number of ether oxygens (including phenoxy) is 2. The Morgan fingerprint density at radius 3 is 2.86 bits per heavy atom. The van der Waals surface area contributed by atoms with Gasteiger partial charge in [0.15, 0.2) is 11.5 Å². The number of carbonyl (C=O) groups excluding carboxylic acids is 1. The summed E-state index contributed by atoms with van der Waals surface area (Å²) in [5.74, 6) is 1.48. The van der Waals surface area contributed by atoms with Crippen molar-refractivity contribution in [2.75, 3.05) is 27.3 Å². The van der Waals surface area contributed by atoms with E-state index in [4.69, 9.17) is 9.47 Å². The highest BCUT2D eigenvalue weighted by Gasteiger charge is 2.20. The molecule has 0 aromatic heterocycles. The monoisotopic (exact) mass is 356 g/mol. The second-order valence-corrected chi connectivity index (χ2v) is 5.93. The summed E-state index contributed by atoms with van der Waals surface area (Å²) in [5, 5.41) is 6.24. The second-order valence-electron chi connectivity index (χ2n) is 5.07. The highest BCUT2D eigenvalue weighted by Crippen LogP contribution is 2.36. The fourth-order valence-corrected chi connectivity index (χ4v) is 3.13. The molecule has 1 atom stereocenters. The van der Waals surface area contributed by atoms with E-state index in [1.807, 2.05) is 12.1 Å². The van der Waals surface area contributed by atoms with E-state index in [1.54, 1.807) is 14.2 Å². The van der Waals surface area contributed by atoms with E-state index in [2.05, 4.69) is 26.6 Å². The maximum Gasteiger partial charge on any atom is 0.224 e. The first-order valence-corrected chi connectivity index (χ1v) is 7.83. The molecule has 0 bridgehead atoms. The zero-order valence-corrected chi connectivity index (χ0v) is 14.0. The number of rotatable bonds is 5. The van der Waals surface area contributed by atoms with Crippen LogP contribution in [0.15, 0.2) is 16.6 Å². The van der Waals surface area contributed by atoms with Crippen LogP contribution >= 0.6 is 15.9 Å². The van der Waals surface area contributed by atoms with E-state index in [0.29, 0.717) is 18.0 Å². The van der Waals surface area contributed by atoms with E-state index in [-0.39, 0.29) is 11.8 Å². The van der Waals surface area contributed by atoms with Gasteiger partial charge in [-0.25, -0.2) is 0 Å². The van der Waals surface area contributed by atoms with Crippen LogP contribution < -0.4 is 20.1 Å². The predicted molar refractivity (Wildman–Crippen MR) is 84.7 cm³/mol. The average molecular weight is 357 g/mol. The lowest BCUT2D eigenvalue weighted by Crippen LogP contribution is -2.40. The molecule has 0 aliphatic carbocycles. The Balaban J connectivity index is 1.99. The summed E-state index contributed by atoms with van der Waals surface area (Å²) in [6.45, 7) is 2.25. The van der Waals surface area contributed by atoms with E-state index in [1.165, 1.54) is 0 Å². The van der Waals surface area contributed by atoms with Crippen LogP contribution in [-0.2, 0) is 11.3 Å². The Morgan fingerprint density at radius 1 is 1.43 bits per heavy atom. The molecule has 1 amide bonds. The Kier molecular flexibility index (Phi) is 5.87. The van der Waals surface area contributed by atoms with Crippen molar-refractivity contribution < 1.29 is 14.3 Å². The fourth-order valence-electron chi connectivity index (χ4n) is 2.48.